The van der Waals surface area contributed by atoms with E-state index >= 15 is 0 Å². The molecule has 30 heavy (non-hydrogen) atoms. The highest BCUT2D eigenvalue weighted by Gasteiger charge is 2.58. The summed E-state index contributed by atoms with van der Waals surface area (Å²) in [5.41, 5.74) is 2.93. The second kappa shape index (κ2) is 9.96. The van der Waals surface area contributed by atoms with Gasteiger partial charge in [0, 0.05) is 24.4 Å². The molecule has 2 aromatic rings. The minimum Gasteiger partial charge on any atom is -0.454 e. The second-order valence-corrected chi connectivity index (χ2v) is 9.87. The van der Waals surface area contributed by atoms with Crippen LogP contribution in [0.5, 0.6) is 0 Å². The molecule has 0 radical (unpaired) electrons. The normalized spacial score (nSPS) is 20.7. The van der Waals surface area contributed by atoms with Crippen LogP contribution in [-0.2, 0) is 24.9 Å². The number of carbonyl (C=O) groups is 1. The predicted octanol–water partition coefficient (Wildman–Crippen LogP) is 4.28. The van der Waals surface area contributed by atoms with E-state index in [9.17, 15) is 9.90 Å². The zero-order valence-corrected chi connectivity index (χ0v) is 18.6. The van der Waals surface area contributed by atoms with Gasteiger partial charge in [-0.2, -0.15) is 0 Å². The number of carbonyl (C=O) groups excluding carboxylic acids is 1. The molecule has 0 heterocycles. The van der Waals surface area contributed by atoms with Gasteiger partial charge in [-0.1, -0.05) is 54.6 Å². The molecule has 6 heteroatoms. The molecule has 0 amide bonds. The maximum atomic E-state index is 11.8. The van der Waals surface area contributed by atoms with Crippen LogP contribution in [0.2, 0.25) is 0 Å². The van der Waals surface area contributed by atoms with Crippen LogP contribution in [0.3, 0.4) is 0 Å². The van der Waals surface area contributed by atoms with Crippen molar-refractivity contribution in [2.24, 2.45) is 5.92 Å². The van der Waals surface area contributed by atoms with Crippen LogP contribution >= 0.6 is 12.0 Å². The van der Waals surface area contributed by atoms with E-state index in [1.165, 1.54) is 35.8 Å². The van der Waals surface area contributed by atoms with Gasteiger partial charge in [-0.25, -0.2) is 4.79 Å². The Morgan fingerprint density at radius 1 is 1.17 bits per heavy atom. The van der Waals surface area contributed by atoms with Crippen LogP contribution < -0.4 is 0 Å². The highest BCUT2D eigenvalue weighted by Crippen LogP contribution is 2.48. The summed E-state index contributed by atoms with van der Waals surface area (Å²) in [7, 11) is 1.45. The van der Waals surface area contributed by atoms with Gasteiger partial charge in [0.1, 0.15) is 18.8 Å². The largest absolute Gasteiger partial charge is 0.454 e. The van der Waals surface area contributed by atoms with E-state index in [4.69, 9.17) is 13.7 Å². The zero-order valence-electron chi connectivity index (χ0n) is 17.8. The first-order valence-corrected chi connectivity index (χ1v) is 10.9. The van der Waals surface area contributed by atoms with E-state index in [1.807, 2.05) is 18.2 Å². The number of benzene rings is 2. The topological polar surface area (TPSA) is 65.0 Å². The summed E-state index contributed by atoms with van der Waals surface area (Å²) in [5, 5.41) is 9.49. The third-order valence-electron chi connectivity index (χ3n) is 5.28. The third kappa shape index (κ3) is 5.85. The van der Waals surface area contributed by atoms with Crippen molar-refractivity contribution in [3.8, 4) is 11.1 Å². The summed E-state index contributed by atoms with van der Waals surface area (Å²) in [6.07, 6.45) is 1.43. The molecule has 0 aliphatic heterocycles. The Labute approximate surface area is 182 Å². The predicted molar refractivity (Wildman–Crippen MR) is 119 cm³/mol. The fourth-order valence-electron chi connectivity index (χ4n) is 3.64. The lowest BCUT2D eigenvalue weighted by Crippen LogP contribution is -2.30. The SMILES string of the molecule is COCC(=O)OC1(COSC(C)(C)Cc2ccccc2-c2ccccc2)CC1CO. The molecule has 0 aromatic heterocycles. The Morgan fingerprint density at radius 2 is 1.87 bits per heavy atom. The van der Waals surface area contributed by atoms with Crippen LogP contribution in [0.1, 0.15) is 25.8 Å². The van der Waals surface area contributed by atoms with Crippen LogP contribution in [0.15, 0.2) is 54.6 Å². The molecule has 2 atom stereocenters. The van der Waals surface area contributed by atoms with Crippen molar-refractivity contribution in [3.05, 3.63) is 60.2 Å². The van der Waals surface area contributed by atoms with Gasteiger partial charge in [-0.3, -0.25) is 0 Å². The van der Waals surface area contributed by atoms with E-state index in [0.717, 1.165) is 6.42 Å². The Morgan fingerprint density at radius 3 is 2.53 bits per heavy atom. The lowest BCUT2D eigenvalue weighted by atomic mass is 9.93. The Hall–Kier alpha value is -1.86. The number of aliphatic hydroxyl groups is 1. The maximum Gasteiger partial charge on any atom is 0.332 e. The minimum absolute atomic E-state index is 0.0257. The van der Waals surface area contributed by atoms with Crippen molar-refractivity contribution in [3.63, 3.8) is 0 Å². The first-order chi connectivity index (χ1) is 14.4. The Bertz CT molecular complexity index is 838. The lowest BCUT2D eigenvalue weighted by molar-refractivity contribution is -0.158. The maximum absolute atomic E-state index is 11.8. The smallest absolute Gasteiger partial charge is 0.332 e. The quantitative estimate of drug-likeness (QED) is 0.424. The van der Waals surface area contributed by atoms with Crippen molar-refractivity contribution in [1.29, 1.82) is 0 Å². The molecule has 0 saturated heterocycles. The summed E-state index contributed by atoms with van der Waals surface area (Å²) in [4.78, 5) is 11.8. The fraction of sp³-hybridized carbons (Fsp3) is 0.458. The average Bonchev–Trinajstić information content (AvgIpc) is 3.41. The monoisotopic (exact) mass is 430 g/mol. The average molecular weight is 431 g/mol. The van der Waals surface area contributed by atoms with E-state index in [-0.39, 0.29) is 30.5 Å². The van der Waals surface area contributed by atoms with Crippen LogP contribution in [0.25, 0.3) is 11.1 Å². The number of hydrogen-bond acceptors (Lipinski definition) is 6. The van der Waals surface area contributed by atoms with E-state index in [1.54, 1.807) is 0 Å². The molecule has 1 fully saturated rings. The van der Waals surface area contributed by atoms with E-state index in [0.29, 0.717) is 6.42 Å². The summed E-state index contributed by atoms with van der Waals surface area (Å²) < 4.78 is 16.1. The van der Waals surface area contributed by atoms with Crippen molar-refractivity contribution >= 4 is 18.0 Å². The van der Waals surface area contributed by atoms with Gasteiger partial charge in [0.2, 0.25) is 0 Å². The van der Waals surface area contributed by atoms with Gasteiger partial charge < -0.3 is 18.8 Å². The van der Waals surface area contributed by atoms with Gasteiger partial charge in [-0.05, 0) is 55.4 Å². The summed E-state index contributed by atoms with van der Waals surface area (Å²) in [6.45, 7) is 4.40. The molecular weight excluding hydrogens is 400 g/mol. The molecule has 1 N–H and O–H groups in total. The van der Waals surface area contributed by atoms with E-state index in [2.05, 4.69) is 50.2 Å². The molecule has 0 spiro atoms. The molecule has 5 nitrogen and oxygen atoms in total. The van der Waals surface area contributed by atoms with Gasteiger partial charge in [0.05, 0.1) is 0 Å². The molecule has 162 valence electrons. The zero-order chi connectivity index (χ0) is 21.6. The highest BCUT2D eigenvalue weighted by molar-refractivity contribution is 7.96. The number of methoxy groups -OCH3 is 1. The number of aliphatic hydroxyl groups excluding tert-OH is 1. The van der Waals surface area contributed by atoms with Crippen molar-refractivity contribution in [1.82, 2.24) is 0 Å². The molecule has 3 rings (SSSR count). The highest BCUT2D eigenvalue weighted by atomic mass is 32.2. The lowest BCUT2D eigenvalue weighted by Gasteiger charge is -2.26. The number of esters is 1. The number of ether oxygens (including phenoxy) is 2. The van der Waals surface area contributed by atoms with Crippen LogP contribution in [0, 0.1) is 5.92 Å². The van der Waals surface area contributed by atoms with Gasteiger partial charge in [0.25, 0.3) is 0 Å². The molecule has 2 unspecified atom stereocenters. The third-order valence-corrected chi connectivity index (χ3v) is 6.11. The molecule has 1 saturated carbocycles. The van der Waals surface area contributed by atoms with E-state index < -0.39 is 11.6 Å². The van der Waals surface area contributed by atoms with Gasteiger partial charge in [-0.15, -0.1) is 0 Å². The van der Waals surface area contributed by atoms with Gasteiger partial charge >= 0.3 is 5.97 Å². The second-order valence-electron chi connectivity index (χ2n) is 8.36. The molecular formula is C24H30O5S. The summed E-state index contributed by atoms with van der Waals surface area (Å²) >= 11 is 1.39. The molecule has 2 aromatic carbocycles. The number of rotatable bonds is 11. The molecule has 1 aliphatic carbocycles. The summed E-state index contributed by atoms with van der Waals surface area (Å²) in [5.74, 6) is -0.515. The number of hydrogen-bond donors (Lipinski definition) is 1. The first-order valence-electron chi connectivity index (χ1n) is 10.1. The molecule has 1 aliphatic rings. The fourth-order valence-corrected chi connectivity index (χ4v) is 4.44. The Kier molecular flexibility index (Phi) is 7.58. The van der Waals surface area contributed by atoms with Crippen molar-refractivity contribution in [2.45, 2.75) is 37.0 Å². The standard InChI is InChI=1S/C24H30O5S/c1-23(2,13-19-11-7-8-12-21(19)18-9-5-4-6-10-18)30-28-17-24(14-20(24)15-25)29-22(26)16-27-3/h4-12,20,25H,13-17H2,1-3H3. The van der Waals surface area contributed by atoms with Gasteiger partial charge in [0.15, 0.2) is 0 Å². The first kappa shape index (κ1) is 22.8. The summed E-state index contributed by atoms with van der Waals surface area (Å²) in [6, 6.07) is 18.8. The Balaban J connectivity index is 1.61. The van der Waals surface area contributed by atoms with Crippen molar-refractivity contribution in [2.75, 3.05) is 26.9 Å². The molecule has 0 bridgehead atoms. The van der Waals surface area contributed by atoms with Crippen LogP contribution in [-0.4, -0.2) is 48.4 Å². The van der Waals surface area contributed by atoms with Crippen LogP contribution in [0.4, 0.5) is 0 Å². The van der Waals surface area contributed by atoms with Crippen molar-refractivity contribution < 1.29 is 23.6 Å². The minimum atomic E-state index is -0.741.